The molecule has 0 aliphatic carbocycles. The second-order valence-electron chi connectivity index (χ2n) is 9.49. The molecule has 1 aliphatic heterocycles. The van der Waals surface area contributed by atoms with Gasteiger partial charge in [-0.3, -0.25) is 9.59 Å². The number of carbonyl (C=O) groups is 2. The molecule has 180 valence electrons. The van der Waals surface area contributed by atoms with Gasteiger partial charge in [-0.15, -0.1) is 11.3 Å². The molecule has 3 heterocycles. The number of aliphatic hydroxyl groups is 1. The van der Waals surface area contributed by atoms with Crippen molar-refractivity contribution >= 4 is 23.0 Å². The molecular formula is C26H31N3O4S. The molecule has 2 aromatic heterocycles. The van der Waals surface area contributed by atoms with Gasteiger partial charge in [-0.05, 0) is 29.9 Å². The number of amides is 1. The van der Waals surface area contributed by atoms with Gasteiger partial charge in [0, 0.05) is 25.5 Å². The van der Waals surface area contributed by atoms with Gasteiger partial charge in [0.25, 0.3) is 0 Å². The molecule has 1 N–H and O–H groups in total. The lowest BCUT2D eigenvalue weighted by atomic mass is 9.89. The van der Waals surface area contributed by atoms with Gasteiger partial charge in [-0.25, -0.2) is 4.98 Å². The van der Waals surface area contributed by atoms with Crippen LogP contribution in [-0.4, -0.2) is 50.5 Å². The van der Waals surface area contributed by atoms with Gasteiger partial charge in [0.15, 0.2) is 5.78 Å². The third-order valence-corrected chi connectivity index (χ3v) is 7.60. The maximum Gasteiger partial charge on any atom is 0.234 e. The largest absolute Gasteiger partial charge is 0.391 e. The van der Waals surface area contributed by atoms with Crippen LogP contribution in [0.5, 0.6) is 0 Å². The summed E-state index contributed by atoms with van der Waals surface area (Å²) in [6, 6.07) is 9.29. The minimum absolute atomic E-state index is 0.00558. The van der Waals surface area contributed by atoms with Gasteiger partial charge >= 0.3 is 0 Å². The molecule has 0 spiro atoms. The summed E-state index contributed by atoms with van der Waals surface area (Å²) in [6.45, 7) is 8.05. The van der Waals surface area contributed by atoms with Gasteiger partial charge in [0.05, 0.1) is 34.4 Å². The quantitative estimate of drug-likeness (QED) is 0.506. The van der Waals surface area contributed by atoms with E-state index in [0.29, 0.717) is 12.2 Å². The van der Waals surface area contributed by atoms with Gasteiger partial charge in [0.2, 0.25) is 5.91 Å². The van der Waals surface area contributed by atoms with E-state index in [1.807, 2.05) is 33.2 Å². The molecule has 1 aliphatic rings. The standard InChI is InChI=1S/C26H31N3O4S/c1-15(2)24(23-9-10-28-33-23)26(32)29-13-20(30)12-21(29)22(31)11-16(3)18-5-7-19(8-6-18)25-17(4)27-14-34-25/h5-10,14-16,20-21,24,30H,11-13H2,1-4H3/t16-,20-,21+,24-/m1/s1. The van der Waals surface area contributed by atoms with Gasteiger partial charge in [-0.2, -0.15) is 0 Å². The summed E-state index contributed by atoms with van der Waals surface area (Å²) in [5, 5.41) is 14.1. The SMILES string of the molecule is Cc1ncsc1-c1ccc([C@H](C)CC(=O)[C@@H]2C[C@@H](O)CN2C(=O)[C@@H](c2ccno2)C(C)C)cc1. The van der Waals surface area contributed by atoms with E-state index in [1.54, 1.807) is 22.3 Å². The summed E-state index contributed by atoms with van der Waals surface area (Å²) in [5.74, 6) is -0.318. The topological polar surface area (TPSA) is 96.5 Å². The highest BCUT2D eigenvalue weighted by atomic mass is 32.1. The number of likely N-dealkylation sites (tertiary alicyclic amines) is 1. The fourth-order valence-electron chi connectivity index (χ4n) is 4.76. The minimum Gasteiger partial charge on any atom is -0.391 e. The normalized spacial score (nSPS) is 20.0. The fourth-order valence-corrected chi connectivity index (χ4v) is 5.57. The number of aromatic nitrogens is 2. The maximum atomic E-state index is 13.4. The van der Waals surface area contributed by atoms with Gasteiger partial charge in [0.1, 0.15) is 11.7 Å². The van der Waals surface area contributed by atoms with Crippen molar-refractivity contribution in [2.45, 2.75) is 64.5 Å². The number of aryl methyl sites for hydroxylation is 1. The number of benzene rings is 1. The Morgan fingerprint density at radius 3 is 2.53 bits per heavy atom. The average molecular weight is 482 g/mol. The number of aliphatic hydroxyl groups excluding tert-OH is 1. The second-order valence-corrected chi connectivity index (χ2v) is 10.3. The molecule has 8 heteroatoms. The van der Waals surface area contributed by atoms with Crippen LogP contribution in [0, 0.1) is 12.8 Å². The molecule has 7 nitrogen and oxygen atoms in total. The molecule has 0 bridgehead atoms. The number of Topliss-reactive ketones (excluding diaryl/α,β-unsaturated/α-hetero) is 1. The fraction of sp³-hybridized carbons (Fsp3) is 0.462. The lowest BCUT2D eigenvalue weighted by molar-refractivity contribution is -0.140. The minimum atomic E-state index is -0.710. The molecule has 0 unspecified atom stereocenters. The Hall–Kier alpha value is -2.84. The summed E-state index contributed by atoms with van der Waals surface area (Å²) < 4.78 is 5.28. The number of hydrogen-bond donors (Lipinski definition) is 1. The highest BCUT2D eigenvalue weighted by Crippen LogP contribution is 2.33. The van der Waals surface area contributed by atoms with Crippen LogP contribution in [0.3, 0.4) is 0 Å². The van der Waals surface area contributed by atoms with Crippen LogP contribution in [0.2, 0.25) is 0 Å². The van der Waals surface area contributed by atoms with Crippen LogP contribution in [0.1, 0.15) is 62.5 Å². The van der Waals surface area contributed by atoms with E-state index in [-0.39, 0.29) is 36.5 Å². The maximum absolute atomic E-state index is 13.4. The van der Waals surface area contributed by atoms with Gasteiger partial charge in [-0.1, -0.05) is 50.2 Å². The molecular weight excluding hydrogens is 450 g/mol. The summed E-state index contributed by atoms with van der Waals surface area (Å²) >= 11 is 1.61. The number of carbonyl (C=O) groups excluding carboxylic acids is 2. The van der Waals surface area contributed by atoms with E-state index < -0.39 is 18.1 Å². The van der Waals surface area contributed by atoms with E-state index in [2.05, 4.69) is 34.4 Å². The first-order valence-electron chi connectivity index (χ1n) is 11.7. The zero-order valence-corrected chi connectivity index (χ0v) is 20.8. The Morgan fingerprint density at radius 2 is 1.94 bits per heavy atom. The third-order valence-electron chi connectivity index (χ3n) is 6.63. The van der Waals surface area contributed by atoms with E-state index >= 15 is 0 Å². The number of nitrogens with zero attached hydrogens (tertiary/aromatic N) is 3. The molecule has 0 saturated carbocycles. The first kappa shape index (κ1) is 24.3. The van der Waals surface area contributed by atoms with Crippen molar-refractivity contribution in [1.82, 2.24) is 15.0 Å². The molecule has 4 rings (SSSR count). The van der Waals surface area contributed by atoms with Crippen molar-refractivity contribution in [2.75, 3.05) is 6.54 Å². The van der Waals surface area contributed by atoms with Crippen molar-refractivity contribution < 1.29 is 19.2 Å². The number of rotatable bonds is 8. The average Bonchev–Trinajstić information content (AvgIpc) is 3.55. The molecule has 3 aromatic rings. The smallest absolute Gasteiger partial charge is 0.234 e. The highest BCUT2D eigenvalue weighted by Gasteiger charge is 2.43. The first-order chi connectivity index (χ1) is 16.3. The number of thiazole rings is 1. The van der Waals surface area contributed by atoms with Crippen LogP contribution >= 0.6 is 11.3 Å². The van der Waals surface area contributed by atoms with Crippen molar-refractivity contribution in [3.05, 3.63) is 59.1 Å². The molecule has 1 fully saturated rings. The number of hydrogen-bond acceptors (Lipinski definition) is 7. The highest BCUT2D eigenvalue weighted by molar-refractivity contribution is 7.13. The first-order valence-corrected chi connectivity index (χ1v) is 12.6. The Labute approximate surface area is 203 Å². The van der Waals surface area contributed by atoms with Crippen molar-refractivity contribution in [1.29, 1.82) is 0 Å². The van der Waals surface area contributed by atoms with Crippen LogP contribution in [-0.2, 0) is 9.59 Å². The third kappa shape index (κ3) is 4.98. The number of β-amino-alcohol motifs (C(OH)–C–C–N with tert-alkyl or cyclic N) is 1. The zero-order chi connectivity index (χ0) is 24.4. The molecule has 4 atom stereocenters. The zero-order valence-electron chi connectivity index (χ0n) is 20.0. The number of ketones is 1. The van der Waals surface area contributed by atoms with Crippen LogP contribution in [0.15, 0.2) is 46.6 Å². The molecule has 0 radical (unpaired) electrons. The van der Waals surface area contributed by atoms with E-state index in [1.165, 1.54) is 6.20 Å². The predicted octanol–water partition coefficient (Wildman–Crippen LogP) is 4.57. The van der Waals surface area contributed by atoms with Crippen LogP contribution in [0.4, 0.5) is 0 Å². The van der Waals surface area contributed by atoms with Crippen molar-refractivity contribution in [2.24, 2.45) is 5.92 Å². The second kappa shape index (κ2) is 10.2. The van der Waals surface area contributed by atoms with Crippen molar-refractivity contribution in [3.8, 4) is 10.4 Å². The summed E-state index contributed by atoms with van der Waals surface area (Å²) in [6.07, 6.45) is 1.37. The van der Waals surface area contributed by atoms with E-state index in [0.717, 1.165) is 21.7 Å². The lowest BCUT2D eigenvalue weighted by Crippen LogP contribution is -2.44. The molecule has 34 heavy (non-hydrogen) atoms. The summed E-state index contributed by atoms with van der Waals surface area (Å²) in [5.41, 5.74) is 5.04. The Balaban J connectivity index is 1.47. The molecule has 1 saturated heterocycles. The van der Waals surface area contributed by atoms with E-state index in [4.69, 9.17) is 4.52 Å². The monoisotopic (exact) mass is 481 g/mol. The Morgan fingerprint density at radius 1 is 1.21 bits per heavy atom. The predicted molar refractivity (Wildman–Crippen MR) is 131 cm³/mol. The molecule has 1 amide bonds. The Bertz CT molecular complexity index is 1120. The van der Waals surface area contributed by atoms with Crippen molar-refractivity contribution in [3.63, 3.8) is 0 Å². The van der Waals surface area contributed by atoms with Crippen LogP contribution < -0.4 is 0 Å². The van der Waals surface area contributed by atoms with Crippen LogP contribution in [0.25, 0.3) is 10.4 Å². The van der Waals surface area contributed by atoms with Gasteiger partial charge < -0.3 is 14.5 Å². The summed E-state index contributed by atoms with van der Waals surface area (Å²) in [4.78, 5) is 33.8. The van der Waals surface area contributed by atoms with E-state index in [9.17, 15) is 14.7 Å². The molecule has 1 aromatic carbocycles. The lowest BCUT2D eigenvalue weighted by Gasteiger charge is -2.29. The Kier molecular flexibility index (Phi) is 7.28. The summed E-state index contributed by atoms with van der Waals surface area (Å²) in [7, 11) is 0.